The van der Waals surface area contributed by atoms with E-state index < -0.39 is 0 Å². The summed E-state index contributed by atoms with van der Waals surface area (Å²) in [5, 5.41) is 0.448. The highest BCUT2D eigenvalue weighted by atomic mass is 35.5. The largest absolute Gasteiger partial charge is 0.123 e. The summed E-state index contributed by atoms with van der Waals surface area (Å²) in [5.41, 5.74) is 0. The third-order valence-electron chi connectivity index (χ3n) is 3.29. The van der Waals surface area contributed by atoms with Gasteiger partial charge in [-0.25, -0.2) is 0 Å². The van der Waals surface area contributed by atoms with Crippen molar-refractivity contribution in [1.29, 1.82) is 0 Å². The Hall–Kier alpha value is 0.0300. The van der Waals surface area contributed by atoms with E-state index in [1.165, 1.54) is 57.8 Å². The van der Waals surface area contributed by atoms with Gasteiger partial charge in [0.2, 0.25) is 0 Å². The Morgan fingerprint density at radius 1 is 1.13 bits per heavy atom. The Balaban J connectivity index is 1.93. The third kappa shape index (κ3) is 6.25. The van der Waals surface area contributed by atoms with Gasteiger partial charge in [0.05, 0.1) is 0 Å². The molecule has 0 N–H and O–H groups in total. The van der Waals surface area contributed by atoms with Crippen molar-refractivity contribution in [3.8, 4) is 0 Å². The van der Waals surface area contributed by atoms with Crippen molar-refractivity contribution in [2.75, 3.05) is 0 Å². The molecule has 1 heteroatoms. The Morgan fingerprint density at radius 2 is 1.93 bits per heavy atom. The predicted molar refractivity (Wildman–Crippen MR) is 69.5 cm³/mol. The minimum Gasteiger partial charge on any atom is -0.123 e. The first-order valence-electron chi connectivity index (χ1n) is 6.63. The van der Waals surface area contributed by atoms with Crippen molar-refractivity contribution in [2.24, 2.45) is 5.92 Å². The number of allylic oxidation sites excluding steroid dienone is 2. The van der Waals surface area contributed by atoms with E-state index in [1.54, 1.807) is 0 Å². The fourth-order valence-corrected chi connectivity index (χ4v) is 2.64. The van der Waals surface area contributed by atoms with Crippen LogP contribution in [0.2, 0.25) is 0 Å². The van der Waals surface area contributed by atoms with E-state index in [9.17, 15) is 0 Å². The summed E-state index contributed by atoms with van der Waals surface area (Å²) in [4.78, 5) is 0. The van der Waals surface area contributed by atoms with Crippen molar-refractivity contribution >= 4 is 11.6 Å². The highest BCUT2D eigenvalue weighted by Gasteiger charge is 2.19. The maximum absolute atomic E-state index is 6.07. The fourth-order valence-electron chi connectivity index (χ4n) is 2.29. The van der Waals surface area contributed by atoms with E-state index in [4.69, 9.17) is 11.6 Å². The van der Waals surface area contributed by atoms with Crippen LogP contribution < -0.4 is 0 Å². The van der Waals surface area contributed by atoms with Crippen molar-refractivity contribution in [1.82, 2.24) is 0 Å². The molecule has 1 aliphatic rings. The lowest BCUT2D eigenvalue weighted by molar-refractivity contribution is 0.633. The van der Waals surface area contributed by atoms with Gasteiger partial charge in [-0.05, 0) is 38.0 Å². The van der Waals surface area contributed by atoms with Gasteiger partial charge in [0.25, 0.3) is 0 Å². The van der Waals surface area contributed by atoms with E-state index in [2.05, 4.69) is 19.1 Å². The van der Waals surface area contributed by atoms with Crippen LogP contribution in [0.15, 0.2) is 12.2 Å². The van der Waals surface area contributed by atoms with Crippen molar-refractivity contribution in [3.05, 3.63) is 12.2 Å². The van der Waals surface area contributed by atoms with E-state index in [-0.39, 0.29) is 0 Å². The number of unbranched alkanes of at least 4 members (excludes halogenated alkanes) is 5. The zero-order chi connectivity index (χ0) is 10.9. The van der Waals surface area contributed by atoms with Gasteiger partial charge in [-0.15, -0.1) is 11.6 Å². The second kappa shape index (κ2) is 8.21. The molecule has 0 aliphatic heterocycles. The van der Waals surface area contributed by atoms with Gasteiger partial charge in [-0.3, -0.25) is 0 Å². The summed E-state index contributed by atoms with van der Waals surface area (Å²) in [7, 11) is 0. The van der Waals surface area contributed by atoms with Gasteiger partial charge in [0.15, 0.2) is 0 Å². The van der Waals surface area contributed by atoms with E-state index >= 15 is 0 Å². The minimum absolute atomic E-state index is 0.448. The number of alkyl halides is 1. The number of halogens is 1. The molecule has 0 saturated heterocycles. The topological polar surface area (TPSA) is 0 Å². The molecule has 0 aromatic heterocycles. The molecule has 1 rings (SSSR count). The van der Waals surface area contributed by atoms with Crippen LogP contribution >= 0.6 is 11.6 Å². The molecule has 15 heavy (non-hydrogen) atoms. The molecule has 0 spiro atoms. The van der Waals surface area contributed by atoms with Gasteiger partial charge < -0.3 is 0 Å². The molecular weight excluding hydrogens is 204 g/mol. The Kier molecular flexibility index (Phi) is 7.17. The quantitative estimate of drug-likeness (QED) is 0.315. The molecule has 1 saturated carbocycles. The molecule has 0 bridgehead atoms. The lowest BCUT2D eigenvalue weighted by atomic mass is 10.1. The average Bonchev–Trinajstić information content (AvgIpc) is 2.63. The molecule has 88 valence electrons. The van der Waals surface area contributed by atoms with Crippen LogP contribution in [-0.4, -0.2) is 5.38 Å². The van der Waals surface area contributed by atoms with Crippen molar-refractivity contribution in [2.45, 2.75) is 70.1 Å². The van der Waals surface area contributed by atoms with Crippen LogP contribution in [0.3, 0.4) is 0 Å². The summed E-state index contributed by atoms with van der Waals surface area (Å²) < 4.78 is 0. The van der Waals surface area contributed by atoms with Crippen molar-refractivity contribution in [3.63, 3.8) is 0 Å². The van der Waals surface area contributed by atoms with Crippen LogP contribution in [0.5, 0.6) is 0 Å². The van der Waals surface area contributed by atoms with E-state index in [0.29, 0.717) is 5.38 Å². The third-order valence-corrected chi connectivity index (χ3v) is 3.69. The normalized spacial score (nSPS) is 26.5. The number of rotatable bonds is 7. The molecule has 0 nitrogen and oxygen atoms in total. The standard InChI is InChI=1S/C14H25Cl/c1-2-3-4-5-6-7-8-9-13-10-11-14(15)12-13/h8-9,13-14H,2-7,10-12H2,1H3/b9-8+/t13-,14+/m0/s1. The highest BCUT2D eigenvalue weighted by molar-refractivity contribution is 6.20. The lowest BCUT2D eigenvalue weighted by Gasteiger charge is -2.01. The van der Waals surface area contributed by atoms with Crippen LogP contribution in [0.25, 0.3) is 0 Å². The molecule has 2 atom stereocenters. The predicted octanol–water partition coefficient (Wildman–Crippen LogP) is 5.31. The summed E-state index contributed by atoms with van der Waals surface area (Å²) >= 11 is 6.07. The molecule has 0 heterocycles. The first-order chi connectivity index (χ1) is 7.33. The van der Waals surface area contributed by atoms with Crippen LogP contribution in [-0.2, 0) is 0 Å². The maximum atomic E-state index is 6.07. The molecule has 1 fully saturated rings. The second-order valence-electron chi connectivity index (χ2n) is 4.80. The monoisotopic (exact) mass is 228 g/mol. The molecule has 0 unspecified atom stereocenters. The van der Waals surface area contributed by atoms with E-state index in [1.807, 2.05) is 0 Å². The van der Waals surface area contributed by atoms with Crippen LogP contribution in [0, 0.1) is 5.92 Å². The van der Waals surface area contributed by atoms with Gasteiger partial charge in [0, 0.05) is 5.38 Å². The average molecular weight is 229 g/mol. The molecular formula is C14H25Cl. The van der Waals surface area contributed by atoms with Gasteiger partial charge in [-0.1, -0.05) is 44.8 Å². The summed E-state index contributed by atoms with van der Waals surface area (Å²) in [6.45, 7) is 2.27. The van der Waals surface area contributed by atoms with Crippen molar-refractivity contribution < 1.29 is 0 Å². The Bertz CT molecular complexity index is 174. The lowest BCUT2D eigenvalue weighted by Crippen LogP contribution is -1.90. The second-order valence-corrected chi connectivity index (χ2v) is 5.42. The van der Waals surface area contributed by atoms with Gasteiger partial charge >= 0.3 is 0 Å². The fraction of sp³-hybridized carbons (Fsp3) is 0.857. The first kappa shape index (κ1) is 13.1. The first-order valence-corrected chi connectivity index (χ1v) is 7.07. The number of hydrogen-bond acceptors (Lipinski definition) is 0. The smallest absolute Gasteiger partial charge is 0.0341 e. The van der Waals surface area contributed by atoms with Crippen LogP contribution in [0.4, 0.5) is 0 Å². The summed E-state index contributed by atoms with van der Waals surface area (Å²) in [5.74, 6) is 0.781. The maximum Gasteiger partial charge on any atom is 0.0341 e. The Morgan fingerprint density at radius 3 is 2.60 bits per heavy atom. The zero-order valence-corrected chi connectivity index (χ0v) is 10.8. The molecule has 0 radical (unpaired) electrons. The summed E-state index contributed by atoms with van der Waals surface area (Å²) in [6, 6.07) is 0. The highest BCUT2D eigenvalue weighted by Crippen LogP contribution is 2.30. The molecule has 0 aromatic carbocycles. The Labute approximate surface area is 100 Å². The van der Waals surface area contributed by atoms with Crippen LogP contribution in [0.1, 0.15) is 64.7 Å². The minimum atomic E-state index is 0.448. The number of hydrogen-bond donors (Lipinski definition) is 0. The zero-order valence-electron chi connectivity index (χ0n) is 10.1. The summed E-state index contributed by atoms with van der Waals surface area (Å²) in [6.07, 6.45) is 16.7. The van der Waals surface area contributed by atoms with Gasteiger partial charge in [-0.2, -0.15) is 0 Å². The molecule has 1 aliphatic carbocycles. The van der Waals surface area contributed by atoms with E-state index in [0.717, 1.165) is 5.92 Å². The molecule has 0 amide bonds. The van der Waals surface area contributed by atoms with Gasteiger partial charge in [0.1, 0.15) is 0 Å². The molecule has 0 aromatic rings. The SMILES string of the molecule is CCCCCCC/C=C/[C@H]1CC[C@@H](Cl)C1.